The zero-order valence-electron chi connectivity index (χ0n) is 17.0. The number of benzene rings is 2. The molecule has 0 atom stereocenters. The fourth-order valence-electron chi connectivity index (χ4n) is 2.79. The van der Waals surface area contributed by atoms with Crippen molar-refractivity contribution in [1.82, 2.24) is 15.0 Å². The number of nitrogens with one attached hydrogen (secondary N) is 2. The van der Waals surface area contributed by atoms with Gasteiger partial charge in [0.25, 0.3) is 5.91 Å². The van der Waals surface area contributed by atoms with Crippen molar-refractivity contribution in [3.8, 4) is 5.75 Å². The Kier molecular flexibility index (Phi) is 7.66. The van der Waals surface area contributed by atoms with E-state index in [1.807, 2.05) is 26.0 Å². The molecule has 1 heterocycles. The van der Waals surface area contributed by atoms with Crippen LogP contribution in [0.15, 0.2) is 52.7 Å². The number of sulfonamides is 1. The van der Waals surface area contributed by atoms with Gasteiger partial charge in [-0.15, -0.1) is 11.3 Å². The summed E-state index contributed by atoms with van der Waals surface area (Å²) in [5, 5.41) is 5.42. The van der Waals surface area contributed by atoms with E-state index in [4.69, 9.17) is 16.3 Å². The van der Waals surface area contributed by atoms with Gasteiger partial charge in [0.05, 0.1) is 4.90 Å². The first-order valence-corrected chi connectivity index (χ1v) is 12.2. The maximum absolute atomic E-state index is 12.3. The van der Waals surface area contributed by atoms with Crippen molar-refractivity contribution in [3.63, 3.8) is 0 Å². The van der Waals surface area contributed by atoms with Gasteiger partial charge < -0.3 is 10.1 Å². The molecule has 0 aliphatic carbocycles. The first-order chi connectivity index (χ1) is 14.7. The van der Waals surface area contributed by atoms with Crippen LogP contribution in [0, 0.1) is 13.8 Å². The highest BCUT2D eigenvalue weighted by Crippen LogP contribution is 2.19. The largest absolute Gasteiger partial charge is 0.486 e. The molecule has 1 aromatic heterocycles. The lowest BCUT2D eigenvalue weighted by atomic mass is 10.1. The van der Waals surface area contributed by atoms with E-state index >= 15 is 0 Å². The van der Waals surface area contributed by atoms with E-state index in [-0.39, 0.29) is 36.2 Å². The molecule has 2 aromatic carbocycles. The third kappa shape index (κ3) is 6.76. The van der Waals surface area contributed by atoms with Gasteiger partial charge in [-0.1, -0.05) is 17.7 Å². The first-order valence-electron chi connectivity index (χ1n) is 9.42. The van der Waals surface area contributed by atoms with Crippen LogP contribution in [-0.4, -0.2) is 32.4 Å². The van der Waals surface area contributed by atoms with E-state index in [0.717, 1.165) is 16.9 Å². The fraction of sp³-hybridized carbons (Fsp3) is 0.238. The van der Waals surface area contributed by atoms with Crippen LogP contribution in [0.5, 0.6) is 5.75 Å². The summed E-state index contributed by atoms with van der Waals surface area (Å²) in [6.07, 6.45) is 0. The molecule has 0 saturated carbocycles. The highest BCUT2D eigenvalue weighted by Gasteiger charge is 2.14. The summed E-state index contributed by atoms with van der Waals surface area (Å²) in [4.78, 5) is 16.6. The maximum Gasteiger partial charge on any atom is 0.270 e. The Labute approximate surface area is 190 Å². The Hall–Kier alpha value is -2.46. The number of aryl methyl sites for hydroxylation is 2. The summed E-state index contributed by atoms with van der Waals surface area (Å²) >= 11 is 7.10. The summed E-state index contributed by atoms with van der Waals surface area (Å²) in [6, 6.07) is 11.8. The van der Waals surface area contributed by atoms with Gasteiger partial charge in [-0.2, -0.15) is 0 Å². The van der Waals surface area contributed by atoms with E-state index in [2.05, 4.69) is 21.1 Å². The van der Waals surface area contributed by atoms with Gasteiger partial charge in [0.2, 0.25) is 10.0 Å². The predicted octanol–water partition coefficient (Wildman–Crippen LogP) is 3.70. The zero-order valence-corrected chi connectivity index (χ0v) is 19.4. The molecule has 0 unspecified atom stereocenters. The summed E-state index contributed by atoms with van der Waals surface area (Å²) in [5.41, 5.74) is 2.49. The number of aromatic nitrogens is 1. The second kappa shape index (κ2) is 10.2. The van der Waals surface area contributed by atoms with Crippen LogP contribution in [0.4, 0.5) is 0 Å². The van der Waals surface area contributed by atoms with Crippen molar-refractivity contribution >= 4 is 38.9 Å². The summed E-state index contributed by atoms with van der Waals surface area (Å²) in [7, 11) is -3.67. The van der Waals surface area contributed by atoms with E-state index in [9.17, 15) is 13.2 Å². The van der Waals surface area contributed by atoms with Gasteiger partial charge in [-0.05, 0) is 61.4 Å². The van der Waals surface area contributed by atoms with Gasteiger partial charge in [0, 0.05) is 23.5 Å². The minimum atomic E-state index is -3.67. The number of carbonyl (C=O) groups is 1. The molecular formula is C21H22ClN3O4S2. The molecule has 10 heteroatoms. The van der Waals surface area contributed by atoms with Crippen LogP contribution >= 0.6 is 22.9 Å². The lowest BCUT2D eigenvalue weighted by Gasteiger charge is -2.07. The molecule has 0 fully saturated rings. The van der Waals surface area contributed by atoms with Crippen molar-refractivity contribution in [2.45, 2.75) is 25.3 Å². The topological polar surface area (TPSA) is 97.4 Å². The second-order valence-electron chi connectivity index (χ2n) is 6.85. The second-order valence-corrected chi connectivity index (χ2v) is 9.99. The van der Waals surface area contributed by atoms with E-state index in [0.29, 0.717) is 10.0 Å². The number of ether oxygens (including phenoxy) is 1. The molecule has 0 aliphatic heterocycles. The zero-order chi connectivity index (χ0) is 22.4. The number of amides is 1. The number of halogens is 1. The number of rotatable bonds is 9. The summed E-state index contributed by atoms with van der Waals surface area (Å²) in [5.74, 6) is 0.381. The van der Waals surface area contributed by atoms with Crippen LogP contribution in [0.25, 0.3) is 0 Å². The standard InChI is InChI=1S/C21H22ClN3O4S2/c1-14-9-15(2)11-17(10-14)29-12-20-25-19(13-30-20)21(26)23-7-8-24-31(27,28)18-5-3-16(22)4-6-18/h3-6,9-11,13,24H,7-8,12H2,1-2H3,(H,23,26). The molecule has 3 aromatic rings. The van der Waals surface area contributed by atoms with Crippen molar-refractivity contribution in [1.29, 1.82) is 0 Å². The third-order valence-corrected chi connectivity index (χ3v) is 6.72. The van der Waals surface area contributed by atoms with E-state index in [1.165, 1.54) is 35.6 Å². The normalized spacial score (nSPS) is 11.3. The third-order valence-electron chi connectivity index (χ3n) is 4.17. The van der Waals surface area contributed by atoms with Crippen molar-refractivity contribution < 1.29 is 17.9 Å². The Balaban J connectivity index is 1.46. The quantitative estimate of drug-likeness (QED) is 0.456. The summed E-state index contributed by atoms with van der Waals surface area (Å²) in [6.45, 7) is 4.44. The number of nitrogens with zero attached hydrogens (tertiary/aromatic N) is 1. The molecule has 2 N–H and O–H groups in total. The molecule has 1 amide bonds. The minimum absolute atomic E-state index is 0.0452. The van der Waals surface area contributed by atoms with E-state index in [1.54, 1.807) is 5.38 Å². The van der Waals surface area contributed by atoms with Crippen LogP contribution in [0.3, 0.4) is 0 Å². The smallest absolute Gasteiger partial charge is 0.270 e. The molecule has 0 spiro atoms. The van der Waals surface area contributed by atoms with Gasteiger partial charge in [0.1, 0.15) is 23.1 Å². The highest BCUT2D eigenvalue weighted by molar-refractivity contribution is 7.89. The van der Waals surface area contributed by atoms with E-state index < -0.39 is 10.0 Å². The molecule has 7 nitrogen and oxygen atoms in total. The summed E-state index contributed by atoms with van der Waals surface area (Å²) < 4.78 is 32.6. The molecule has 0 saturated heterocycles. The van der Waals surface area contributed by atoms with Crippen molar-refractivity contribution in [2.75, 3.05) is 13.1 Å². The molecular weight excluding hydrogens is 458 g/mol. The Morgan fingerprint density at radius 2 is 1.77 bits per heavy atom. The first kappa shape index (κ1) is 23.2. The lowest BCUT2D eigenvalue weighted by molar-refractivity contribution is 0.0949. The van der Waals surface area contributed by atoms with Gasteiger partial charge >= 0.3 is 0 Å². The molecule has 0 bridgehead atoms. The molecule has 3 rings (SSSR count). The average molecular weight is 480 g/mol. The van der Waals surface area contributed by atoms with Crippen molar-refractivity contribution in [2.24, 2.45) is 0 Å². The number of thiazole rings is 1. The number of hydrogen-bond acceptors (Lipinski definition) is 6. The van der Waals surface area contributed by atoms with Gasteiger partial charge in [-0.25, -0.2) is 18.1 Å². The Morgan fingerprint density at radius 3 is 2.45 bits per heavy atom. The molecule has 0 radical (unpaired) electrons. The van der Waals surface area contributed by atoms with Crippen molar-refractivity contribution in [3.05, 3.63) is 74.7 Å². The predicted molar refractivity (Wildman–Crippen MR) is 121 cm³/mol. The Bertz CT molecular complexity index is 1140. The fourth-order valence-corrected chi connectivity index (χ4v) is 4.64. The Morgan fingerprint density at radius 1 is 1.10 bits per heavy atom. The van der Waals surface area contributed by atoms with Crippen LogP contribution in [0.1, 0.15) is 26.6 Å². The van der Waals surface area contributed by atoms with Gasteiger partial charge in [-0.3, -0.25) is 4.79 Å². The maximum atomic E-state index is 12.3. The monoisotopic (exact) mass is 479 g/mol. The SMILES string of the molecule is Cc1cc(C)cc(OCc2nc(C(=O)NCCNS(=O)(=O)c3ccc(Cl)cc3)cs2)c1. The number of hydrogen-bond donors (Lipinski definition) is 2. The highest BCUT2D eigenvalue weighted by atomic mass is 35.5. The van der Waals surface area contributed by atoms with Crippen LogP contribution in [0.2, 0.25) is 5.02 Å². The minimum Gasteiger partial charge on any atom is -0.486 e. The van der Waals surface area contributed by atoms with Crippen LogP contribution < -0.4 is 14.8 Å². The van der Waals surface area contributed by atoms with Gasteiger partial charge in [0.15, 0.2) is 0 Å². The lowest BCUT2D eigenvalue weighted by Crippen LogP contribution is -2.34. The number of carbonyl (C=O) groups excluding carboxylic acids is 1. The molecule has 164 valence electrons. The average Bonchev–Trinajstić information content (AvgIpc) is 3.18. The molecule has 31 heavy (non-hydrogen) atoms. The molecule has 0 aliphatic rings. The van der Waals surface area contributed by atoms with Crippen LogP contribution in [-0.2, 0) is 16.6 Å².